The van der Waals surface area contributed by atoms with Crippen LogP contribution < -0.4 is 15.0 Å². The average Bonchev–Trinajstić information content (AvgIpc) is 2.84. The maximum absolute atomic E-state index is 12.9. The van der Waals surface area contributed by atoms with Crippen molar-refractivity contribution in [1.82, 2.24) is 9.88 Å². The maximum atomic E-state index is 12.9. The number of nitrogens with zero attached hydrogens (tertiary/aromatic N) is 3. The Balaban J connectivity index is 1.32. The van der Waals surface area contributed by atoms with Gasteiger partial charge in [-0.25, -0.2) is 9.78 Å². The summed E-state index contributed by atoms with van der Waals surface area (Å²) in [5.74, 6) is 0.438. The Labute approximate surface area is 193 Å². The molecule has 0 atom stereocenters. The zero-order valence-electron chi connectivity index (χ0n) is 19.3. The SMILES string of the molecule is COc1nc(C)c(C)cc1NC(=O)N1CCN(c2cccc3cc4ccccc4cc23)CC1. The Morgan fingerprint density at radius 3 is 2.33 bits per heavy atom. The highest BCUT2D eigenvalue weighted by atomic mass is 16.5. The van der Waals surface area contributed by atoms with Crippen LogP contribution in [0.15, 0.2) is 60.7 Å². The summed E-state index contributed by atoms with van der Waals surface area (Å²) in [6.45, 7) is 6.76. The number of methoxy groups -OCH3 is 1. The summed E-state index contributed by atoms with van der Waals surface area (Å²) < 4.78 is 5.36. The number of fused-ring (bicyclic) bond motifs is 2. The monoisotopic (exact) mass is 440 g/mol. The minimum atomic E-state index is -0.123. The Kier molecular flexibility index (Phi) is 5.50. The van der Waals surface area contributed by atoms with Gasteiger partial charge in [0.15, 0.2) is 0 Å². The lowest BCUT2D eigenvalue weighted by atomic mass is 10.0. The molecule has 0 aliphatic carbocycles. The smallest absolute Gasteiger partial charge is 0.322 e. The van der Waals surface area contributed by atoms with Crippen LogP contribution in [0.1, 0.15) is 11.3 Å². The topological polar surface area (TPSA) is 57.7 Å². The van der Waals surface area contributed by atoms with E-state index in [2.05, 4.69) is 69.8 Å². The van der Waals surface area contributed by atoms with Crippen LogP contribution in [-0.4, -0.2) is 49.2 Å². The van der Waals surface area contributed by atoms with E-state index < -0.39 is 0 Å². The number of carbonyl (C=O) groups excluding carboxylic acids is 1. The Bertz CT molecular complexity index is 1340. The molecule has 1 N–H and O–H groups in total. The van der Waals surface area contributed by atoms with Gasteiger partial charge in [-0.15, -0.1) is 0 Å². The third-order valence-corrected chi connectivity index (χ3v) is 6.50. The van der Waals surface area contributed by atoms with E-state index in [-0.39, 0.29) is 6.03 Å². The summed E-state index contributed by atoms with van der Waals surface area (Å²) >= 11 is 0. The van der Waals surface area contributed by atoms with Gasteiger partial charge >= 0.3 is 6.03 Å². The van der Waals surface area contributed by atoms with Gasteiger partial charge in [0.25, 0.3) is 0 Å². The van der Waals surface area contributed by atoms with Crippen molar-refractivity contribution in [2.45, 2.75) is 13.8 Å². The number of anilines is 2. The van der Waals surface area contributed by atoms with Crippen molar-refractivity contribution in [1.29, 1.82) is 0 Å². The van der Waals surface area contributed by atoms with Gasteiger partial charge in [-0.3, -0.25) is 0 Å². The lowest BCUT2D eigenvalue weighted by Gasteiger charge is -2.36. The predicted molar refractivity (Wildman–Crippen MR) is 135 cm³/mol. The van der Waals surface area contributed by atoms with Crippen molar-refractivity contribution in [3.63, 3.8) is 0 Å². The molecule has 0 unspecified atom stereocenters. The zero-order valence-corrected chi connectivity index (χ0v) is 19.3. The summed E-state index contributed by atoms with van der Waals surface area (Å²) in [5.41, 5.74) is 3.73. The number of urea groups is 1. The molecular formula is C27H28N4O2. The molecule has 3 aromatic carbocycles. The van der Waals surface area contributed by atoms with E-state index in [1.165, 1.54) is 27.2 Å². The number of benzene rings is 3. The van der Waals surface area contributed by atoms with Gasteiger partial charge < -0.3 is 19.9 Å². The second kappa shape index (κ2) is 8.62. The highest BCUT2D eigenvalue weighted by Gasteiger charge is 2.23. The molecule has 1 aliphatic heterocycles. The molecule has 5 rings (SSSR count). The largest absolute Gasteiger partial charge is 0.480 e. The molecule has 0 bridgehead atoms. The fourth-order valence-corrected chi connectivity index (χ4v) is 4.50. The van der Waals surface area contributed by atoms with Crippen LogP contribution in [0.2, 0.25) is 0 Å². The first-order valence-corrected chi connectivity index (χ1v) is 11.3. The molecular weight excluding hydrogens is 412 g/mol. The van der Waals surface area contributed by atoms with E-state index in [1.54, 1.807) is 7.11 Å². The minimum Gasteiger partial charge on any atom is -0.480 e. The van der Waals surface area contributed by atoms with Gasteiger partial charge in [0.05, 0.1) is 7.11 Å². The van der Waals surface area contributed by atoms with Gasteiger partial charge in [0, 0.05) is 42.9 Å². The zero-order chi connectivity index (χ0) is 22.9. The standard InChI is InChI=1S/C27H28N4O2/c1-18-15-24(26(33-3)28-19(18)2)29-27(32)31-13-11-30(12-14-31)25-10-6-9-22-16-20-7-4-5-8-21(20)17-23(22)25/h4-10,15-17H,11-14H2,1-3H3,(H,29,32). The number of aromatic nitrogens is 1. The lowest BCUT2D eigenvalue weighted by Crippen LogP contribution is -2.50. The number of aryl methyl sites for hydroxylation is 2. The predicted octanol–water partition coefficient (Wildman–Crippen LogP) is 5.37. The molecule has 0 saturated carbocycles. The van der Waals surface area contributed by atoms with Crippen molar-refractivity contribution < 1.29 is 9.53 Å². The van der Waals surface area contributed by atoms with E-state index >= 15 is 0 Å². The Morgan fingerprint density at radius 2 is 1.61 bits per heavy atom. The Hall–Kier alpha value is -3.80. The van der Waals surface area contributed by atoms with E-state index in [1.807, 2.05) is 24.8 Å². The molecule has 1 saturated heterocycles. The highest BCUT2D eigenvalue weighted by Crippen LogP contribution is 2.31. The Morgan fingerprint density at radius 1 is 0.909 bits per heavy atom. The molecule has 2 amide bonds. The third-order valence-electron chi connectivity index (χ3n) is 6.50. The summed E-state index contributed by atoms with van der Waals surface area (Å²) in [6, 6.07) is 21.2. The van der Waals surface area contributed by atoms with Crippen LogP contribution in [0, 0.1) is 13.8 Å². The van der Waals surface area contributed by atoms with E-state index in [0.717, 1.165) is 24.3 Å². The number of ether oxygens (including phenoxy) is 1. The summed E-state index contributed by atoms with van der Waals surface area (Å²) in [6.07, 6.45) is 0. The van der Waals surface area contributed by atoms with Crippen molar-refractivity contribution in [3.8, 4) is 5.88 Å². The third kappa shape index (κ3) is 4.04. The van der Waals surface area contributed by atoms with Crippen LogP contribution >= 0.6 is 0 Å². The van der Waals surface area contributed by atoms with Crippen molar-refractivity contribution in [2.75, 3.05) is 43.5 Å². The lowest BCUT2D eigenvalue weighted by molar-refractivity contribution is 0.208. The van der Waals surface area contributed by atoms with Crippen LogP contribution in [0.3, 0.4) is 0 Å². The maximum Gasteiger partial charge on any atom is 0.322 e. The molecule has 2 heterocycles. The average molecular weight is 441 g/mol. The van der Waals surface area contributed by atoms with Crippen LogP contribution in [-0.2, 0) is 0 Å². The molecule has 33 heavy (non-hydrogen) atoms. The highest BCUT2D eigenvalue weighted by molar-refractivity contribution is 6.04. The second-order valence-electron chi connectivity index (χ2n) is 8.55. The first-order chi connectivity index (χ1) is 16.0. The molecule has 1 fully saturated rings. The number of piperazine rings is 1. The molecule has 4 aromatic rings. The molecule has 1 aromatic heterocycles. The van der Waals surface area contributed by atoms with Crippen LogP contribution in [0.25, 0.3) is 21.5 Å². The fraction of sp³-hybridized carbons (Fsp3) is 0.259. The molecule has 0 radical (unpaired) electrons. The fourth-order valence-electron chi connectivity index (χ4n) is 4.50. The number of hydrogen-bond acceptors (Lipinski definition) is 4. The second-order valence-corrected chi connectivity index (χ2v) is 8.55. The van der Waals surface area contributed by atoms with Gasteiger partial charge in [-0.2, -0.15) is 0 Å². The molecule has 6 nitrogen and oxygen atoms in total. The molecule has 6 heteroatoms. The summed E-state index contributed by atoms with van der Waals surface area (Å²) in [4.78, 5) is 21.6. The molecule has 0 spiro atoms. The molecule has 1 aliphatic rings. The number of rotatable bonds is 3. The van der Waals surface area contributed by atoms with Crippen molar-refractivity contribution in [2.24, 2.45) is 0 Å². The van der Waals surface area contributed by atoms with Gasteiger partial charge in [-0.1, -0.05) is 36.4 Å². The van der Waals surface area contributed by atoms with E-state index in [9.17, 15) is 4.79 Å². The number of hydrogen-bond donors (Lipinski definition) is 1. The number of nitrogens with one attached hydrogen (secondary N) is 1. The van der Waals surface area contributed by atoms with Crippen LogP contribution in [0.4, 0.5) is 16.2 Å². The van der Waals surface area contributed by atoms with E-state index in [0.29, 0.717) is 24.7 Å². The number of amides is 2. The number of pyridine rings is 1. The van der Waals surface area contributed by atoms with E-state index in [4.69, 9.17) is 4.74 Å². The van der Waals surface area contributed by atoms with Crippen LogP contribution in [0.5, 0.6) is 5.88 Å². The minimum absolute atomic E-state index is 0.123. The molecule has 168 valence electrons. The normalized spacial score (nSPS) is 14.0. The summed E-state index contributed by atoms with van der Waals surface area (Å²) in [7, 11) is 1.57. The van der Waals surface area contributed by atoms with Gasteiger partial charge in [0.2, 0.25) is 5.88 Å². The summed E-state index contributed by atoms with van der Waals surface area (Å²) in [5, 5.41) is 7.96. The van der Waals surface area contributed by atoms with Crippen molar-refractivity contribution >= 4 is 39.0 Å². The van der Waals surface area contributed by atoms with Gasteiger partial charge in [0.1, 0.15) is 5.69 Å². The first kappa shape index (κ1) is 21.1. The van der Waals surface area contributed by atoms with Crippen molar-refractivity contribution in [3.05, 3.63) is 71.9 Å². The first-order valence-electron chi connectivity index (χ1n) is 11.3. The van der Waals surface area contributed by atoms with Gasteiger partial charge in [-0.05, 0) is 59.8 Å². The number of carbonyl (C=O) groups is 1. The quantitative estimate of drug-likeness (QED) is 0.435.